The molecule has 0 aliphatic carbocycles. The van der Waals surface area contributed by atoms with Crippen LogP contribution in [0.5, 0.6) is 0 Å². The summed E-state index contributed by atoms with van der Waals surface area (Å²) < 4.78 is 5.36. The van der Waals surface area contributed by atoms with Crippen molar-refractivity contribution in [1.82, 2.24) is 9.80 Å². The van der Waals surface area contributed by atoms with Crippen LogP contribution in [0.2, 0.25) is 0 Å². The zero-order valence-electron chi connectivity index (χ0n) is 31.6. The van der Waals surface area contributed by atoms with Crippen molar-refractivity contribution in [3.05, 3.63) is 212 Å². The summed E-state index contributed by atoms with van der Waals surface area (Å²) in [7, 11) is 5.29. The Morgan fingerprint density at radius 2 is 0.722 bits per heavy atom. The van der Waals surface area contributed by atoms with Gasteiger partial charge < -0.3 is 9.80 Å². The zero-order valence-corrected chi connectivity index (χ0v) is 35.1. The van der Waals surface area contributed by atoms with E-state index in [1.54, 1.807) is 0 Å². The van der Waals surface area contributed by atoms with Gasteiger partial charge in [0.1, 0.15) is 15.9 Å². The minimum absolute atomic E-state index is 0. The smallest absolute Gasteiger partial charge is 0.102 e. The van der Waals surface area contributed by atoms with E-state index in [0.29, 0.717) is 0 Å². The van der Waals surface area contributed by atoms with Crippen LogP contribution in [0.4, 0.5) is 5.69 Å². The summed E-state index contributed by atoms with van der Waals surface area (Å²) in [6.45, 7) is 2.29. The monoisotopic (exact) mass is 837 g/mol. The zero-order chi connectivity index (χ0) is 37.1. The van der Waals surface area contributed by atoms with Crippen LogP contribution in [0, 0.1) is 6.07 Å². The number of benzene rings is 7. The van der Waals surface area contributed by atoms with Gasteiger partial charge in [0.2, 0.25) is 0 Å². The molecule has 54 heavy (non-hydrogen) atoms. The number of hydrogen-bond donors (Lipinski definition) is 0. The van der Waals surface area contributed by atoms with E-state index in [1.165, 1.54) is 31.8 Å². The van der Waals surface area contributed by atoms with Crippen molar-refractivity contribution in [2.75, 3.05) is 41.3 Å². The predicted octanol–water partition coefficient (Wildman–Crippen LogP) is 8.58. The van der Waals surface area contributed by atoms with Crippen LogP contribution >= 0.6 is 15.0 Å². The molecule has 0 radical (unpaired) electrons. The molecule has 3 nitrogen and oxygen atoms in total. The van der Waals surface area contributed by atoms with Gasteiger partial charge in [0, 0.05) is 49.4 Å². The SMILES string of the molecule is CN(C)CCN(C)C.[Pd].[c-]1ccccc1N=P(c1ccccc1)(c1ccccc1)c1ccccc1.c1ccc([PH+](c2ccccc2)c2ccccc2)cc1. The number of hydrogen-bond acceptors (Lipinski definition) is 3. The molecular formula is C48H51N3P2Pd. The van der Waals surface area contributed by atoms with E-state index in [2.05, 4.69) is 226 Å². The Morgan fingerprint density at radius 1 is 0.426 bits per heavy atom. The van der Waals surface area contributed by atoms with Crippen molar-refractivity contribution in [1.29, 1.82) is 0 Å². The van der Waals surface area contributed by atoms with Crippen LogP contribution in [-0.2, 0) is 20.4 Å². The van der Waals surface area contributed by atoms with E-state index in [0.717, 1.165) is 18.8 Å². The second kappa shape index (κ2) is 22.9. The molecule has 6 heteroatoms. The first-order valence-corrected chi connectivity index (χ1v) is 21.3. The third-order valence-corrected chi connectivity index (χ3v) is 14.9. The second-order valence-corrected chi connectivity index (χ2v) is 18.6. The molecule has 7 aromatic carbocycles. The third kappa shape index (κ3) is 12.4. The van der Waals surface area contributed by atoms with Crippen molar-refractivity contribution in [2.24, 2.45) is 4.74 Å². The Morgan fingerprint density at radius 3 is 1.00 bits per heavy atom. The van der Waals surface area contributed by atoms with Crippen molar-refractivity contribution in [3.8, 4) is 0 Å². The Bertz CT molecular complexity index is 1860. The van der Waals surface area contributed by atoms with Crippen LogP contribution in [0.15, 0.2) is 211 Å². The summed E-state index contributed by atoms with van der Waals surface area (Å²) in [4.78, 5) is 4.36. The normalized spacial score (nSPS) is 10.7. The molecule has 7 aromatic rings. The molecule has 0 heterocycles. The van der Waals surface area contributed by atoms with Gasteiger partial charge in [-0.2, -0.15) is 24.3 Å². The summed E-state index contributed by atoms with van der Waals surface area (Å²) in [6, 6.07) is 75.7. The number of nitrogens with zero attached hydrogens (tertiary/aromatic N) is 3. The number of rotatable bonds is 10. The molecule has 7 rings (SSSR count). The maximum atomic E-state index is 5.36. The maximum absolute atomic E-state index is 5.36. The minimum atomic E-state index is -2.18. The van der Waals surface area contributed by atoms with Gasteiger partial charge >= 0.3 is 0 Å². The van der Waals surface area contributed by atoms with Gasteiger partial charge in [0.15, 0.2) is 0 Å². The fourth-order valence-corrected chi connectivity index (χ4v) is 12.0. The molecule has 0 aliphatic rings. The fourth-order valence-electron chi connectivity index (χ4n) is 5.87. The topological polar surface area (TPSA) is 18.8 Å². The van der Waals surface area contributed by atoms with Gasteiger partial charge in [0.05, 0.1) is 15.0 Å². The van der Waals surface area contributed by atoms with E-state index < -0.39 is 15.0 Å². The molecule has 0 saturated carbocycles. The molecule has 278 valence electrons. The van der Waals surface area contributed by atoms with Crippen LogP contribution < -0.4 is 31.8 Å². The predicted molar refractivity (Wildman–Crippen MR) is 236 cm³/mol. The Hall–Kier alpha value is -4.22. The summed E-state index contributed by atoms with van der Waals surface area (Å²) in [5.41, 5.74) is 0.886. The molecule has 0 saturated heterocycles. The Labute approximate surface area is 339 Å². The maximum Gasteiger partial charge on any atom is 0.102 e. The first kappa shape index (κ1) is 42.5. The summed E-state index contributed by atoms with van der Waals surface area (Å²) in [6.07, 6.45) is 0. The Kier molecular flexibility index (Phi) is 18.0. The van der Waals surface area contributed by atoms with Gasteiger partial charge in [-0.15, -0.1) is 6.07 Å². The van der Waals surface area contributed by atoms with E-state index >= 15 is 0 Å². The molecule has 0 N–H and O–H groups in total. The summed E-state index contributed by atoms with van der Waals surface area (Å²) in [5, 5.41) is 8.04. The van der Waals surface area contributed by atoms with Crippen molar-refractivity contribution in [3.63, 3.8) is 0 Å². The molecule has 0 unspecified atom stereocenters. The van der Waals surface area contributed by atoms with Crippen molar-refractivity contribution >= 4 is 52.5 Å². The van der Waals surface area contributed by atoms with E-state index in [9.17, 15) is 0 Å². The molecule has 0 fully saturated rings. The van der Waals surface area contributed by atoms with Gasteiger partial charge in [0.25, 0.3) is 0 Å². The summed E-state index contributed by atoms with van der Waals surface area (Å²) >= 11 is 0. The first-order valence-electron chi connectivity index (χ1n) is 18.1. The average molecular weight is 838 g/mol. The van der Waals surface area contributed by atoms with Crippen LogP contribution in [0.25, 0.3) is 0 Å². The fraction of sp³-hybridized carbons (Fsp3) is 0.125. The van der Waals surface area contributed by atoms with Gasteiger partial charge in [-0.05, 0) is 70.3 Å². The third-order valence-electron chi connectivity index (χ3n) is 8.52. The molecule has 0 atom stereocenters. The molecule has 0 bridgehead atoms. The van der Waals surface area contributed by atoms with E-state index in [4.69, 9.17) is 4.74 Å². The van der Waals surface area contributed by atoms with E-state index in [1.807, 2.05) is 24.3 Å². The Balaban J connectivity index is 0.000000204. The number of likely N-dealkylation sites (N-methyl/N-ethyl adjacent to an activating group) is 2. The first-order chi connectivity index (χ1) is 26.0. The molecule has 0 spiro atoms. The van der Waals surface area contributed by atoms with Crippen molar-refractivity contribution < 1.29 is 20.4 Å². The molecule has 0 aromatic heterocycles. The van der Waals surface area contributed by atoms with E-state index in [-0.39, 0.29) is 20.4 Å². The van der Waals surface area contributed by atoms with Gasteiger partial charge in [-0.1, -0.05) is 146 Å². The standard InChI is InChI=1S/C24H19NP.C18H15P.C6H16N2.Pd/c1-5-13-21(14-6-1)25-26(22-15-7-2-8-16-22,23-17-9-3-10-18-23)24-19-11-4-12-20-24;1-4-10-16(11-5-1)19(17-12-6-2-7-13-17)18-14-8-3-9-15-18;1-7(2)5-6-8(3)4;/h1-13,15-20H;1-15H;5-6H2,1-4H3;/q-1;;;/p+1. The molecular weight excluding hydrogens is 787 g/mol. The average Bonchev–Trinajstić information content (AvgIpc) is 3.22. The summed E-state index contributed by atoms with van der Waals surface area (Å²) in [5.74, 6) is 0. The quantitative estimate of drug-likeness (QED) is 0.0782. The van der Waals surface area contributed by atoms with Crippen LogP contribution in [0.3, 0.4) is 0 Å². The van der Waals surface area contributed by atoms with Crippen LogP contribution in [0.1, 0.15) is 0 Å². The largest absolute Gasteiger partial charge is 0.308 e. The molecule has 0 aliphatic heterocycles. The molecule has 0 amide bonds. The van der Waals surface area contributed by atoms with Crippen molar-refractivity contribution in [2.45, 2.75) is 0 Å². The van der Waals surface area contributed by atoms with Crippen LogP contribution in [-0.4, -0.2) is 51.1 Å². The van der Waals surface area contributed by atoms with Gasteiger partial charge in [-0.3, -0.25) is 4.74 Å². The second-order valence-electron chi connectivity index (χ2n) is 13.1. The van der Waals surface area contributed by atoms with Gasteiger partial charge in [-0.25, -0.2) is 0 Å². The minimum Gasteiger partial charge on any atom is -0.308 e.